The second-order valence-corrected chi connectivity index (χ2v) is 6.48. The minimum atomic E-state index is -1.32. The molecule has 1 aromatic carbocycles. The zero-order valence-electron chi connectivity index (χ0n) is 14.9. The lowest BCUT2D eigenvalue weighted by atomic mass is 10.1. The van der Waals surface area contributed by atoms with E-state index in [1.54, 1.807) is 0 Å². The highest BCUT2D eigenvalue weighted by Gasteiger charge is 2.44. The Labute approximate surface area is 162 Å². The number of hydrogen-bond acceptors (Lipinski definition) is 8. The second-order valence-electron chi connectivity index (χ2n) is 6.48. The molecule has 10 nitrogen and oxygen atoms in total. The minimum absolute atomic E-state index is 0.00255. The number of ether oxygens (including phenoxy) is 1. The summed E-state index contributed by atoms with van der Waals surface area (Å²) in [4.78, 5) is 13.6. The van der Waals surface area contributed by atoms with Crippen LogP contribution >= 0.6 is 0 Å². The van der Waals surface area contributed by atoms with E-state index in [9.17, 15) is 24.1 Å². The molecule has 0 bridgehead atoms. The Balaban J connectivity index is 1.61. The van der Waals surface area contributed by atoms with Gasteiger partial charge in [0.25, 0.3) is 12.1 Å². The maximum Gasteiger partial charge on any atom is 0.289 e. The number of rotatable bonds is 5. The molecule has 4 rings (SSSR count). The molecule has 1 aliphatic rings. The summed E-state index contributed by atoms with van der Waals surface area (Å²) in [5.74, 6) is -1.52. The van der Waals surface area contributed by atoms with Crippen molar-refractivity contribution in [1.29, 1.82) is 0 Å². The summed E-state index contributed by atoms with van der Waals surface area (Å²) < 4.78 is 35.3. The molecule has 4 atom stereocenters. The predicted molar refractivity (Wildman–Crippen MR) is 91.8 cm³/mol. The number of imidazole rings is 1. The van der Waals surface area contributed by atoms with E-state index in [-0.39, 0.29) is 22.5 Å². The number of fused-ring (bicyclic) bond motifs is 1. The van der Waals surface area contributed by atoms with Gasteiger partial charge in [-0.3, -0.25) is 4.57 Å². The second kappa shape index (κ2) is 7.48. The van der Waals surface area contributed by atoms with Gasteiger partial charge in [-0.1, -0.05) is 15.8 Å². The Morgan fingerprint density at radius 1 is 1.21 bits per heavy atom. The molecule has 0 spiro atoms. The summed E-state index contributed by atoms with van der Waals surface area (Å²) >= 11 is 0. The van der Waals surface area contributed by atoms with E-state index in [0.717, 1.165) is 16.9 Å². The molecule has 0 aliphatic carbocycles. The number of benzene rings is 1. The minimum Gasteiger partial charge on any atom is -0.394 e. The molecule has 0 amide bonds. The fourth-order valence-electron chi connectivity index (χ4n) is 3.14. The van der Waals surface area contributed by atoms with Crippen LogP contribution in [0.1, 0.15) is 11.8 Å². The molecule has 3 aromatic rings. The lowest BCUT2D eigenvalue weighted by molar-refractivity contribution is -0.885. The lowest BCUT2D eigenvalue weighted by Crippen LogP contribution is -2.45. The van der Waals surface area contributed by atoms with E-state index < -0.39 is 49.4 Å². The molecule has 1 fully saturated rings. The van der Waals surface area contributed by atoms with Crippen LogP contribution in [0, 0.1) is 11.6 Å². The molecule has 3 heterocycles. The highest BCUT2D eigenvalue weighted by molar-refractivity contribution is 5.79. The smallest absolute Gasteiger partial charge is 0.289 e. The Morgan fingerprint density at radius 2 is 1.93 bits per heavy atom. The SMILES string of the molecule is Nc1c2ncn([C@@H]3O[C@H](CO)[C@@H](O)[C@H]3O)c2nc[n+]1OCc1c(F)cccc1F. The van der Waals surface area contributed by atoms with Gasteiger partial charge < -0.3 is 30.6 Å². The topological polar surface area (TPSA) is 140 Å². The average Bonchev–Trinajstić information content (AvgIpc) is 3.25. The molecule has 0 radical (unpaired) electrons. The van der Waals surface area contributed by atoms with E-state index in [2.05, 4.69) is 9.97 Å². The highest BCUT2D eigenvalue weighted by Crippen LogP contribution is 2.31. The summed E-state index contributed by atoms with van der Waals surface area (Å²) in [6.45, 7) is -0.909. The van der Waals surface area contributed by atoms with Crippen molar-refractivity contribution in [1.82, 2.24) is 14.5 Å². The Bertz CT molecular complexity index is 1030. The average molecular weight is 410 g/mol. The van der Waals surface area contributed by atoms with Crippen LogP contribution in [0.3, 0.4) is 0 Å². The monoisotopic (exact) mass is 410 g/mol. The summed E-state index contributed by atoms with van der Waals surface area (Å²) in [5.41, 5.74) is 6.16. The molecule has 2 aromatic heterocycles. The predicted octanol–water partition coefficient (Wildman–Crippen LogP) is -1.18. The normalized spacial score (nSPS) is 24.3. The van der Waals surface area contributed by atoms with Crippen molar-refractivity contribution < 1.29 is 38.4 Å². The molecule has 1 aliphatic heterocycles. The van der Waals surface area contributed by atoms with E-state index in [1.807, 2.05) is 0 Å². The van der Waals surface area contributed by atoms with Gasteiger partial charge in [0.1, 0.15) is 36.3 Å². The van der Waals surface area contributed by atoms with Crippen molar-refractivity contribution in [2.75, 3.05) is 12.3 Å². The van der Waals surface area contributed by atoms with Crippen LogP contribution in [0.25, 0.3) is 11.2 Å². The number of aliphatic hydroxyl groups excluding tert-OH is 3. The third kappa shape index (κ3) is 3.25. The van der Waals surface area contributed by atoms with Gasteiger partial charge in [0, 0.05) is 0 Å². The summed E-state index contributed by atoms with van der Waals surface area (Å²) in [7, 11) is 0. The van der Waals surface area contributed by atoms with Gasteiger partial charge in [-0.15, -0.1) is 0 Å². The van der Waals surface area contributed by atoms with Crippen molar-refractivity contribution in [3.8, 4) is 0 Å². The number of aromatic nitrogens is 4. The van der Waals surface area contributed by atoms with Crippen LogP contribution in [0.5, 0.6) is 0 Å². The third-order valence-corrected chi connectivity index (χ3v) is 4.73. The molecule has 29 heavy (non-hydrogen) atoms. The molecule has 12 heteroatoms. The summed E-state index contributed by atoms with van der Waals surface area (Å²) in [5, 5.41) is 29.3. The first-order valence-electron chi connectivity index (χ1n) is 8.63. The quantitative estimate of drug-likeness (QED) is 0.386. The fourth-order valence-corrected chi connectivity index (χ4v) is 3.14. The Hall–Kier alpha value is -2.93. The Morgan fingerprint density at radius 3 is 2.59 bits per heavy atom. The highest BCUT2D eigenvalue weighted by atomic mass is 19.1. The standard InChI is InChI=1S/C17H17F2N5O5/c18-9-2-1-3-10(19)8(9)5-28-24-7-22-16-12(15(24)20)21-6-23(16)17-14(27)13(26)11(4-25)29-17/h1-3,6-7,11,13-14,17,20,25-27H,4-5H2/p+1/t11-,13-,14-,17-/m1/s1. The maximum atomic E-state index is 13.7. The van der Waals surface area contributed by atoms with Crippen LogP contribution in [0.15, 0.2) is 30.9 Å². The number of halogens is 2. The lowest BCUT2D eigenvalue weighted by Gasteiger charge is -2.15. The van der Waals surface area contributed by atoms with Gasteiger partial charge in [-0.2, -0.15) is 0 Å². The van der Waals surface area contributed by atoms with Gasteiger partial charge in [0.2, 0.25) is 11.2 Å². The molecular weight excluding hydrogens is 392 g/mol. The van der Waals surface area contributed by atoms with Gasteiger partial charge in [-0.25, -0.2) is 13.8 Å². The number of nitrogen functional groups attached to an aromatic ring is 1. The van der Waals surface area contributed by atoms with E-state index in [1.165, 1.54) is 23.3 Å². The molecule has 1 saturated heterocycles. The first-order chi connectivity index (χ1) is 13.9. The first-order valence-corrected chi connectivity index (χ1v) is 8.63. The van der Waals surface area contributed by atoms with Crippen LogP contribution in [0.4, 0.5) is 14.6 Å². The van der Waals surface area contributed by atoms with Crippen molar-refractivity contribution in [2.45, 2.75) is 31.1 Å². The van der Waals surface area contributed by atoms with Gasteiger partial charge >= 0.3 is 0 Å². The zero-order valence-corrected chi connectivity index (χ0v) is 14.9. The van der Waals surface area contributed by atoms with Gasteiger partial charge in [0.05, 0.1) is 12.2 Å². The van der Waals surface area contributed by atoms with E-state index >= 15 is 0 Å². The molecule has 154 valence electrons. The Kier molecular flexibility index (Phi) is 5.00. The molecule has 0 saturated carbocycles. The van der Waals surface area contributed by atoms with E-state index in [0.29, 0.717) is 0 Å². The summed E-state index contributed by atoms with van der Waals surface area (Å²) in [6.07, 6.45) is -2.13. The number of nitrogens with zero attached hydrogens (tertiary/aromatic N) is 4. The largest absolute Gasteiger partial charge is 0.394 e. The number of anilines is 1. The molecule has 0 unspecified atom stereocenters. The fraction of sp³-hybridized carbons (Fsp3) is 0.353. The maximum absolute atomic E-state index is 13.7. The van der Waals surface area contributed by atoms with Gasteiger partial charge in [-0.05, 0) is 12.1 Å². The number of aliphatic hydroxyl groups is 3. The van der Waals surface area contributed by atoms with Crippen molar-refractivity contribution in [3.05, 3.63) is 48.1 Å². The zero-order chi connectivity index (χ0) is 20.7. The summed E-state index contributed by atoms with van der Waals surface area (Å²) in [6, 6.07) is 3.47. The number of nitrogens with two attached hydrogens (primary N) is 1. The van der Waals surface area contributed by atoms with Crippen LogP contribution < -0.4 is 15.3 Å². The van der Waals surface area contributed by atoms with Gasteiger partial charge in [0.15, 0.2) is 12.8 Å². The molecule has 5 N–H and O–H groups in total. The van der Waals surface area contributed by atoms with Crippen LogP contribution in [-0.2, 0) is 11.3 Å². The first kappa shape index (κ1) is 19.4. The van der Waals surface area contributed by atoms with Crippen LogP contribution in [0.2, 0.25) is 0 Å². The van der Waals surface area contributed by atoms with Crippen molar-refractivity contribution >= 4 is 17.0 Å². The van der Waals surface area contributed by atoms with Crippen molar-refractivity contribution in [3.63, 3.8) is 0 Å². The number of hydrogen-bond donors (Lipinski definition) is 4. The third-order valence-electron chi connectivity index (χ3n) is 4.73. The van der Waals surface area contributed by atoms with Crippen molar-refractivity contribution in [2.24, 2.45) is 0 Å². The van der Waals surface area contributed by atoms with E-state index in [4.69, 9.17) is 15.3 Å². The van der Waals surface area contributed by atoms with Crippen LogP contribution in [-0.4, -0.2) is 54.8 Å². The molecular formula is C17H18F2N5O5+.